The standard InChI is InChI=1S/C15H23FN4O2/c1-2-11-7-10(21)8-15(22-11)3-5-20(6-4-15)14-18-9-12(16)13(17)19-14/h9-11,21H,2-8H2,1H3,(H2,17,18,19)/t10-,11+/m1/s1. The zero-order valence-electron chi connectivity index (χ0n) is 12.8. The zero-order chi connectivity index (χ0) is 15.7. The lowest BCUT2D eigenvalue weighted by molar-refractivity contribution is -0.171. The van der Waals surface area contributed by atoms with Gasteiger partial charge in [0, 0.05) is 19.5 Å². The number of hydrogen-bond donors (Lipinski definition) is 2. The van der Waals surface area contributed by atoms with Gasteiger partial charge in [0.25, 0.3) is 0 Å². The smallest absolute Gasteiger partial charge is 0.227 e. The van der Waals surface area contributed by atoms with Crippen LogP contribution in [-0.4, -0.2) is 46.0 Å². The van der Waals surface area contributed by atoms with E-state index in [9.17, 15) is 9.50 Å². The summed E-state index contributed by atoms with van der Waals surface area (Å²) < 4.78 is 19.4. The fraction of sp³-hybridized carbons (Fsp3) is 0.733. The fourth-order valence-corrected chi connectivity index (χ4v) is 3.48. The lowest BCUT2D eigenvalue weighted by Crippen LogP contribution is -2.53. The lowest BCUT2D eigenvalue weighted by atomic mass is 9.81. The predicted octanol–water partition coefficient (Wildman–Crippen LogP) is 1.49. The summed E-state index contributed by atoms with van der Waals surface area (Å²) in [4.78, 5) is 10.0. The van der Waals surface area contributed by atoms with Crippen molar-refractivity contribution < 1.29 is 14.2 Å². The third kappa shape index (κ3) is 3.01. The molecule has 3 heterocycles. The Hall–Kier alpha value is -1.47. The number of rotatable bonds is 2. The van der Waals surface area contributed by atoms with E-state index in [-0.39, 0.29) is 23.6 Å². The number of nitrogens with two attached hydrogens (primary N) is 1. The van der Waals surface area contributed by atoms with Crippen molar-refractivity contribution in [3.63, 3.8) is 0 Å². The third-order valence-corrected chi connectivity index (χ3v) is 4.73. The molecule has 2 atom stereocenters. The van der Waals surface area contributed by atoms with E-state index in [4.69, 9.17) is 10.5 Å². The second kappa shape index (κ2) is 5.96. The Balaban J connectivity index is 1.67. The Bertz CT molecular complexity index is 534. The average Bonchev–Trinajstić information content (AvgIpc) is 2.50. The molecule has 0 bridgehead atoms. The second-order valence-electron chi connectivity index (χ2n) is 6.31. The van der Waals surface area contributed by atoms with Gasteiger partial charge in [0.05, 0.1) is 24.0 Å². The molecule has 2 saturated heterocycles. The summed E-state index contributed by atoms with van der Waals surface area (Å²) >= 11 is 0. The van der Waals surface area contributed by atoms with Gasteiger partial charge in [-0.3, -0.25) is 0 Å². The van der Waals surface area contributed by atoms with Crippen LogP contribution in [0.15, 0.2) is 6.20 Å². The Morgan fingerprint density at radius 2 is 2.23 bits per heavy atom. The van der Waals surface area contributed by atoms with Crippen LogP contribution < -0.4 is 10.6 Å². The van der Waals surface area contributed by atoms with E-state index in [1.165, 1.54) is 0 Å². The summed E-state index contributed by atoms with van der Waals surface area (Å²) in [5, 5.41) is 10.1. The van der Waals surface area contributed by atoms with Crippen molar-refractivity contribution in [2.75, 3.05) is 23.7 Å². The van der Waals surface area contributed by atoms with Gasteiger partial charge in [0.1, 0.15) is 0 Å². The summed E-state index contributed by atoms with van der Waals surface area (Å²) in [6.45, 7) is 3.52. The largest absolute Gasteiger partial charge is 0.393 e. The maximum absolute atomic E-state index is 13.2. The van der Waals surface area contributed by atoms with E-state index < -0.39 is 5.82 Å². The number of aliphatic hydroxyl groups is 1. The van der Waals surface area contributed by atoms with E-state index in [1.807, 2.05) is 4.90 Å². The minimum Gasteiger partial charge on any atom is -0.393 e. The maximum atomic E-state index is 13.2. The molecule has 0 aromatic carbocycles. The van der Waals surface area contributed by atoms with Crippen molar-refractivity contribution in [2.45, 2.75) is 56.8 Å². The number of nitrogens with zero attached hydrogens (tertiary/aromatic N) is 3. The highest BCUT2D eigenvalue weighted by Gasteiger charge is 2.43. The van der Waals surface area contributed by atoms with Crippen molar-refractivity contribution in [1.29, 1.82) is 0 Å². The van der Waals surface area contributed by atoms with E-state index in [0.29, 0.717) is 25.5 Å². The van der Waals surface area contributed by atoms with Gasteiger partial charge in [-0.15, -0.1) is 0 Å². The van der Waals surface area contributed by atoms with Crippen LogP contribution in [0, 0.1) is 5.82 Å². The summed E-state index contributed by atoms with van der Waals surface area (Å²) in [5.74, 6) is -0.264. The molecule has 0 amide bonds. The van der Waals surface area contributed by atoms with Gasteiger partial charge >= 0.3 is 0 Å². The van der Waals surface area contributed by atoms with Gasteiger partial charge in [-0.2, -0.15) is 4.98 Å². The molecule has 22 heavy (non-hydrogen) atoms. The van der Waals surface area contributed by atoms with Crippen LogP contribution in [0.1, 0.15) is 39.0 Å². The summed E-state index contributed by atoms with van der Waals surface area (Å²) in [6, 6.07) is 0. The Morgan fingerprint density at radius 1 is 1.50 bits per heavy atom. The molecule has 2 aliphatic rings. The molecule has 1 aromatic heterocycles. The summed E-state index contributed by atoms with van der Waals surface area (Å²) in [5.41, 5.74) is 5.26. The molecule has 1 aromatic rings. The van der Waals surface area contributed by atoms with Crippen LogP contribution in [0.4, 0.5) is 16.2 Å². The first kappa shape index (κ1) is 15.4. The number of piperidine rings is 1. The third-order valence-electron chi connectivity index (χ3n) is 4.73. The molecule has 0 saturated carbocycles. The van der Waals surface area contributed by atoms with Gasteiger partial charge < -0.3 is 20.5 Å². The van der Waals surface area contributed by atoms with E-state index in [0.717, 1.165) is 31.9 Å². The van der Waals surface area contributed by atoms with Crippen molar-refractivity contribution in [1.82, 2.24) is 9.97 Å². The van der Waals surface area contributed by atoms with Crippen molar-refractivity contribution >= 4 is 11.8 Å². The maximum Gasteiger partial charge on any atom is 0.227 e. The minimum atomic E-state index is -0.596. The van der Waals surface area contributed by atoms with Gasteiger partial charge in [-0.05, 0) is 25.7 Å². The Labute approximate surface area is 129 Å². The van der Waals surface area contributed by atoms with Gasteiger partial charge in [-0.1, -0.05) is 6.92 Å². The van der Waals surface area contributed by atoms with Crippen molar-refractivity contribution in [2.24, 2.45) is 0 Å². The molecule has 2 fully saturated rings. The Kier molecular flexibility index (Phi) is 4.18. The first-order valence-electron chi connectivity index (χ1n) is 7.90. The summed E-state index contributed by atoms with van der Waals surface area (Å²) in [7, 11) is 0. The zero-order valence-corrected chi connectivity index (χ0v) is 12.8. The number of nitrogen functional groups attached to an aromatic ring is 1. The van der Waals surface area contributed by atoms with Crippen LogP contribution in [0.3, 0.4) is 0 Å². The average molecular weight is 310 g/mol. The molecular formula is C15H23FN4O2. The molecule has 3 rings (SSSR count). The number of ether oxygens (including phenoxy) is 1. The molecule has 0 radical (unpaired) electrons. The van der Waals surface area contributed by atoms with E-state index >= 15 is 0 Å². The van der Waals surface area contributed by atoms with Crippen LogP contribution in [-0.2, 0) is 4.74 Å². The molecule has 7 heteroatoms. The number of hydrogen-bond acceptors (Lipinski definition) is 6. The molecule has 0 aliphatic carbocycles. The number of aromatic nitrogens is 2. The van der Waals surface area contributed by atoms with Crippen molar-refractivity contribution in [3.8, 4) is 0 Å². The molecular weight excluding hydrogens is 287 g/mol. The van der Waals surface area contributed by atoms with Crippen LogP contribution in [0.5, 0.6) is 0 Å². The summed E-state index contributed by atoms with van der Waals surface area (Å²) in [6.07, 6.45) is 4.89. The van der Waals surface area contributed by atoms with Crippen molar-refractivity contribution in [3.05, 3.63) is 12.0 Å². The fourth-order valence-electron chi connectivity index (χ4n) is 3.48. The second-order valence-corrected chi connectivity index (χ2v) is 6.31. The highest BCUT2D eigenvalue weighted by atomic mass is 19.1. The van der Waals surface area contributed by atoms with Crippen LogP contribution in [0.25, 0.3) is 0 Å². The highest BCUT2D eigenvalue weighted by molar-refractivity contribution is 5.39. The molecule has 3 N–H and O–H groups in total. The number of aliphatic hydroxyl groups excluding tert-OH is 1. The predicted molar refractivity (Wildman–Crippen MR) is 81.0 cm³/mol. The van der Waals surface area contributed by atoms with Gasteiger partial charge in [-0.25, -0.2) is 9.37 Å². The van der Waals surface area contributed by atoms with Crippen LogP contribution in [0.2, 0.25) is 0 Å². The Morgan fingerprint density at radius 3 is 2.86 bits per heavy atom. The topological polar surface area (TPSA) is 84.5 Å². The van der Waals surface area contributed by atoms with Crippen LogP contribution >= 0.6 is 0 Å². The molecule has 6 nitrogen and oxygen atoms in total. The monoisotopic (exact) mass is 310 g/mol. The van der Waals surface area contributed by atoms with E-state index in [2.05, 4.69) is 16.9 Å². The SMILES string of the molecule is CC[C@H]1C[C@@H](O)CC2(CCN(c3ncc(F)c(N)n3)CC2)O1. The molecule has 0 unspecified atom stereocenters. The van der Waals surface area contributed by atoms with E-state index in [1.54, 1.807) is 0 Å². The first-order valence-corrected chi connectivity index (χ1v) is 7.90. The molecule has 2 aliphatic heterocycles. The number of anilines is 2. The quantitative estimate of drug-likeness (QED) is 0.861. The minimum absolute atomic E-state index is 0.124. The number of halogens is 1. The lowest BCUT2D eigenvalue weighted by Gasteiger charge is -2.47. The van der Waals surface area contributed by atoms with Gasteiger partial charge in [0.2, 0.25) is 5.95 Å². The van der Waals surface area contributed by atoms with Gasteiger partial charge in [0.15, 0.2) is 11.6 Å². The normalized spacial score (nSPS) is 28.0. The molecule has 122 valence electrons. The molecule has 1 spiro atoms. The first-order chi connectivity index (χ1) is 10.5. The highest BCUT2D eigenvalue weighted by Crippen LogP contribution is 2.38.